The standard InChI is InChI=1S/C19H16ClFN2O2/c1-2-3-16-17(19(24)25)18(12-4-8-14(21)9-5-12)22-23(16)15-10-6-13(20)7-11-15/h4-11H,2-3H2,1H3,(H,24,25). The number of rotatable bonds is 5. The Morgan fingerprint density at radius 2 is 1.80 bits per heavy atom. The van der Waals surface area contributed by atoms with Crippen molar-refractivity contribution in [2.24, 2.45) is 0 Å². The van der Waals surface area contributed by atoms with Crippen molar-refractivity contribution in [3.63, 3.8) is 0 Å². The zero-order valence-corrected chi connectivity index (χ0v) is 14.3. The first kappa shape index (κ1) is 17.2. The highest BCUT2D eigenvalue weighted by Gasteiger charge is 2.24. The van der Waals surface area contributed by atoms with Gasteiger partial charge in [-0.15, -0.1) is 0 Å². The number of carbonyl (C=O) groups is 1. The average Bonchev–Trinajstić information content (AvgIpc) is 2.96. The molecule has 0 unspecified atom stereocenters. The Hall–Kier alpha value is -2.66. The van der Waals surface area contributed by atoms with Crippen LogP contribution in [-0.2, 0) is 6.42 Å². The Morgan fingerprint density at radius 1 is 1.16 bits per heavy atom. The molecule has 0 aliphatic heterocycles. The van der Waals surface area contributed by atoms with Crippen LogP contribution in [0.4, 0.5) is 4.39 Å². The van der Waals surface area contributed by atoms with E-state index in [-0.39, 0.29) is 11.4 Å². The molecule has 0 amide bonds. The highest BCUT2D eigenvalue weighted by molar-refractivity contribution is 6.30. The van der Waals surface area contributed by atoms with E-state index < -0.39 is 5.97 Å². The third-order valence-corrected chi connectivity index (χ3v) is 4.12. The van der Waals surface area contributed by atoms with E-state index in [0.29, 0.717) is 28.4 Å². The molecule has 0 saturated carbocycles. The van der Waals surface area contributed by atoms with Crippen molar-refractivity contribution < 1.29 is 14.3 Å². The molecule has 0 aliphatic rings. The van der Waals surface area contributed by atoms with Crippen molar-refractivity contribution in [2.75, 3.05) is 0 Å². The SMILES string of the molecule is CCCc1c(C(=O)O)c(-c2ccc(F)cc2)nn1-c1ccc(Cl)cc1. The molecule has 4 nitrogen and oxygen atoms in total. The Balaban J connectivity index is 2.24. The van der Waals surface area contributed by atoms with Gasteiger partial charge in [0, 0.05) is 10.6 Å². The molecule has 0 aliphatic carbocycles. The molecule has 25 heavy (non-hydrogen) atoms. The van der Waals surface area contributed by atoms with Crippen LogP contribution in [0.25, 0.3) is 16.9 Å². The number of aromatic nitrogens is 2. The number of hydrogen-bond donors (Lipinski definition) is 1. The second-order valence-corrected chi connectivity index (χ2v) is 6.06. The van der Waals surface area contributed by atoms with Gasteiger partial charge < -0.3 is 5.11 Å². The summed E-state index contributed by atoms with van der Waals surface area (Å²) in [7, 11) is 0. The predicted octanol–water partition coefficient (Wildman–Crippen LogP) is 4.98. The molecule has 2 aromatic carbocycles. The van der Waals surface area contributed by atoms with E-state index in [1.807, 2.05) is 6.92 Å². The van der Waals surface area contributed by atoms with Gasteiger partial charge in [0.15, 0.2) is 0 Å². The molecular formula is C19H16ClFN2O2. The van der Waals surface area contributed by atoms with Gasteiger partial charge in [0.2, 0.25) is 0 Å². The van der Waals surface area contributed by atoms with Crippen molar-refractivity contribution in [3.8, 4) is 16.9 Å². The molecule has 0 bridgehead atoms. The minimum Gasteiger partial charge on any atom is -0.478 e. The molecule has 0 fully saturated rings. The molecule has 1 aromatic heterocycles. The lowest BCUT2D eigenvalue weighted by Gasteiger charge is -2.07. The molecule has 3 aromatic rings. The monoisotopic (exact) mass is 358 g/mol. The number of hydrogen-bond acceptors (Lipinski definition) is 2. The summed E-state index contributed by atoms with van der Waals surface area (Å²) >= 11 is 5.94. The maximum Gasteiger partial charge on any atom is 0.339 e. The number of halogens is 2. The maximum atomic E-state index is 13.2. The summed E-state index contributed by atoms with van der Waals surface area (Å²) < 4.78 is 14.8. The lowest BCUT2D eigenvalue weighted by molar-refractivity contribution is 0.0696. The van der Waals surface area contributed by atoms with E-state index in [2.05, 4.69) is 5.10 Å². The lowest BCUT2D eigenvalue weighted by Crippen LogP contribution is -2.06. The third-order valence-electron chi connectivity index (χ3n) is 3.87. The summed E-state index contributed by atoms with van der Waals surface area (Å²) in [5.41, 5.74) is 2.36. The summed E-state index contributed by atoms with van der Waals surface area (Å²) in [6, 6.07) is 12.7. The molecule has 0 radical (unpaired) electrons. The zero-order chi connectivity index (χ0) is 18.0. The zero-order valence-electron chi connectivity index (χ0n) is 13.5. The van der Waals surface area contributed by atoms with Gasteiger partial charge in [-0.25, -0.2) is 13.9 Å². The Labute approximate surface area is 149 Å². The topological polar surface area (TPSA) is 55.1 Å². The highest BCUT2D eigenvalue weighted by atomic mass is 35.5. The predicted molar refractivity (Wildman–Crippen MR) is 94.9 cm³/mol. The summed E-state index contributed by atoms with van der Waals surface area (Å²) in [6.45, 7) is 1.97. The number of carboxylic acids is 1. The maximum absolute atomic E-state index is 13.2. The average molecular weight is 359 g/mol. The van der Waals surface area contributed by atoms with E-state index in [1.54, 1.807) is 28.9 Å². The lowest BCUT2D eigenvalue weighted by atomic mass is 10.0. The molecule has 1 heterocycles. The third kappa shape index (κ3) is 3.42. The smallest absolute Gasteiger partial charge is 0.339 e. The van der Waals surface area contributed by atoms with E-state index in [4.69, 9.17) is 11.6 Å². The summed E-state index contributed by atoms with van der Waals surface area (Å²) in [5, 5.41) is 14.9. The summed E-state index contributed by atoms with van der Waals surface area (Å²) in [5.74, 6) is -1.44. The van der Waals surface area contributed by atoms with Gasteiger partial charge in [0.25, 0.3) is 0 Å². The molecule has 6 heteroatoms. The van der Waals surface area contributed by atoms with Gasteiger partial charge in [-0.3, -0.25) is 0 Å². The minimum atomic E-state index is -1.05. The first-order valence-electron chi connectivity index (χ1n) is 7.88. The van der Waals surface area contributed by atoms with Crippen LogP contribution in [0.5, 0.6) is 0 Å². The number of nitrogens with zero attached hydrogens (tertiary/aromatic N) is 2. The van der Waals surface area contributed by atoms with E-state index in [0.717, 1.165) is 12.1 Å². The molecule has 0 spiro atoms. The first-order chi connectivity index (χ1) is 12.0. The normalized spacial score (nSPS) is 10.8. The van der Waals surface area contributed by atoms with Gasteiger partial charge >= 0.3 is 5.97 Å². The van der Waals surface area contributed by atoms with Gasteiger partial charge in [-0.1, -0.05) is 24.9 Å². The van der Waals surface area contributed by atoms with Crippen molar-refractivity contribution in [2.45, 2.75) is 19.8 Å². The largest absolute Gasteiger partial charge is 0.478 e. The van der Waals surface area contributed by atoms with E-state index in [1.165, 1.54) is 24.3 Å². The minimum absolute atomic E-state index is 0.142. The number of benzene rings is 2. The quantitative estimate of drug-likeness (QED) is 0.699. The van der Waals surface area contributed by atoms with Crippen molar-refractivity contribution >= 4 is 17.6 Å². The molecular weight excluding hydrogens is 343 g/mol. The summed E-state index contributed by atoms with van der Waals surface area (Å²) in [6.07, 6.45) is 1.32. The van der Waals surface area contributed by atoms with Gasteiger partial charge in [-0.2, -0.15) is 5.10 Å². The van der Waals surface area contributed by atoms with Crippen LogP contribution in [0, 0.1) is 5.82 Å². The van der Waals surface area contributed by atoms with Crippen LogP contribution in [-0.4, -0.2) is 20.9 Å². The van der Waals surface area contributed by atoms with Gasteiger partial charge in [-0.05, 0) is 55.0 Å². The van der Waals surface area contributed by atoms with Crippen molar-refractivity contribution in [1.29, 1.82) is 0 Å². The van der Waals surface area contributed by atoms with Gasteiger partial charge in [0.05, 0.1) is 11.4 Å². The Bertz CT molecular complexity index is 902. The van der Waals surface area contributed by atoms with Crippen LogP contribution in [0.3, 0.4) is 0 Å². The Kier molecular flexibility index (Phi) is 4.86. The fourth-order valence-electron chi connectivity index (χ4n) is 2.75. The second-order valence-electron chi connectivity index (χ2n) is 5.62. The first-order valence-corrected chi connectivity index (χ1v) is 8.26. The van der Waals surface area contributed by atoms with Crippen LogP contribution >= 0.6 is 11.6 Å². The van der Waals surface area contributed by atoms with Crippen LogP contribution < -0.4 is 0 Å². The van der Waals surface area contributed by atoms with Crippen molar-refractivity contribution in [3.05, 3.63) is 70.6 Å². The molecule has 3 rings (SSSR count). The molecule has 0 saturated heterocycles. The van der Waals surface area contributed by atoms with Crippen LogP contribution in [0.2, 0.25) is 5.02 Å². The Morgan fingerprint density at radius 3 is 2.36 bits per heavy atom. The van der Waals surface area contributed by atoms with Gasteiger partial charge in [0.1, 0.15) is 17.1 Å². The number of carboxylic acid groups (broad SMARTS) is 1. The fourth-order valence-corrected chi connectivity index (χ4v) is 2.88. The highest BCUT2D eigenvalue weighted by Crippen LogP contribution is 2.29. The molecule has 128 valence electrons. The van der Waals surface area contributed by atoms with E-state index in [9.17, 15) is 14.3 Å². The number of aromatic carboxylic acids is 1. The fraction of sp³-hybridized carbons (Fsp3) is 0.158. The molecule has 0 atom stereocenters. The molecule has 1 N–H and O–H groups in total. The van der Waals surface area contributed by atoms with Crippen molar-refractivity contribution in [1.82, 2.24) is 9.78 Å². The van der Waals surface area contributed by atoms with Crippen LogP contribution in [0.15, 0.2) is 48.5 Å². The van der Waals surface area contributed by atoms with E-state index >= 15 is 0 Å². The second kappa shape index (κ2) is 7.07. The van der Waals surface area contributed by atoms with Crippen LogP contribution in [0.1, 0.15) is 29.4 Å². The summed E-state index contributed by atoms with van der Waals surface area (Å²) in [4.78, 5) is 11.9.